The van der Waals surface area contributed by atoms with Crippen LogP contribution in [0, 0.1) is 0 Å². The zero-order chi connectivity index (χ0) is 21.1. The summed E-state index contributed by atoms with van der Waals surface area (Å²) in [6.07, 6.45) is 5.10. The van der Waals surface area contributed by atoms with Crippen LogP contribution in [0.4, 0.5) is 0 Å². The average molecular weight is 391 g/mol. The van der Waals surface area contributed by atoms with Crippen molar-refractivity contribution in [1.29, 1.82) is 0 Å². The fraction of sp³-hybridized carbons (Fsp3) is 0.750. The summed E-state index contributed by atoms with van der Waals surface area (Å²) in [6, 6.07) is 0. The summed E-state index contributed by atoms with van der Waals surface area (Å²) in [6.45, 7) is 15.4. The molecule has 0 radical (unpaired) electrons. The van der Waals surface area contributed by atoms with Gasteiger partial charge in [0.1, 0.15) is 12.2 Å². The summed E-state index contributed by atoms with van der Waals surface area (Å²) in [4.78, 5) is 10.2. The van der Waals surface area contributed by atoms with Gasteiger partial charge in [-0.25, -0.2) is 0 Å². The maximum absolute atomic E-state index is 10.2. The number of rotatable bonds is 15. The molecule has 160 valence electrons. The van der Waals surface area contributed by atoms with E-state index in [2.05, 4.69) is 6.58 Å². The Morgan fingerprint density at radius 2 is 1.52 bits per heavy atom. The fourth-order valence-electron chi connectivity index (χ4n) is 1.90. The van der Waals surface area contributed by atoms with Crippen molar-refractivity contribution in [1.82, 2.24) is 0 Å². The van der Waals surface area contributed by atoms with Gasteiger partial charge in [0.15, 0.2) is 0 Å². The Kier molecular flexibility index (Phi) is 18.5. The molecule has 0 heterocycles. The van der Waals surface area contributed by atoms with Crippen molar-refractivity contribution in [2.75, 3.05) is 40.6 Å². The minimum absolute atomic E-state index is 0.0464. The van der Waals surface area contributed by atoms with Crippen molar-refractivity contribution in [3.8, 4) is 0 Å². The molecule has 7 heteroatoms. The van der Waals surface area contributed by atoms with Crippen molar-refractivity contribution in [3.63, 3.8) is 0 Å². The number of carbonyl (C=O) groups excluding carboxylic acids is 1. The highest BCUT2D eigenvalue weighted by Gasteiger charge is 2.18. The van der Waals surface area contributed by atoms with E-state index in [1.54, 1.807) is 14.2 Å². The highest BCUT2D eigenvalue weighted by molar-refractivity contribution is 5.37. The lowest BCUT2D eigenvalue weighted by Gasteiger charge is -2.24. The van der Waals surface area contributed by atoms with Gasteiger partial charge in [0, 0.05) is 14.2 Å². The molecule has 0 aromatic rings. The van der Waals surface area contributed by atoms with E-state index in [1.165, 1.54) is 6.26 Å². The normalized spacial score (nSPS) is 13.6. The van der Waals surface area contributed by atoms with Crippen molar-refractivity contribution in [3.05, 3.63) is 25.0 Å². The molecule has 0 aliphatic rings. The molecule has 0 aliphatic carbocycles. The largest absolute Gasteiger partial charge is 0.494 e. The van der Waals surface area contributed by atoms with Crippen molar-refractivity contribution in [2.45, 2.75) is 58.5 Å². The fourth-order valence-corrected chi connectivity index (χ4v) is 1.90. The Morgan fingerprint density at radius 1 is 0.963 bits per heavy atom. The molecule has 0 spiro atoms. The molecular formula is C20H38O7. The standard InChI is InChI=1S/C11H20O4.C9H18O3/c1-5-6-11(2,3)15-8-10(7-13-4)14-9-12;1-5-11-9(6-10-4)7-12-8(2)3/h5-6,9-10H,7-8H2,1-4H3;5,8-9H,1,6-7H2,2-4H3/b6-5+;. The summed E-state index contributed by atoms with van der Waals surface area (Å²) in [5.74, 6) is 0. The Morgan fingerprint density at radius 3 is 1.93 bits per heavy atom. The Labute approximate surface area is 164 Å². The van der Waals surface area contributed by atoms with Gasteiger partial charge < -0.3 is 28.4 Å². The Balaban J connectivity index is 0. The number of allylic oxidation sites excluding steroid dienone is 1. The predicted molar refractivity (Wildman–Crippen MR) is 106 cm³/mol. The quantitative estimate of drug-likeness (QED) is 0.242. The number of ether oxygens (including phenoxy) is 6. The van der Waals surface area contributed by atoms with Crippen LogP contribution in [-0.2, 0) is 33.2 Å². The van der Waals surface area contributed by atoms with Gasteiger partial charge in [0.2, 0.25) is 0 Å². The second-order valence-electron chi connectivity index (χ2n) is 6.49. The number of hydrogen-bond acceptors (Lipinski definition) is 7. The number of methoxy groups -OCH3 is 2. The van der Waals surface area contributed by atoms with Gasteiger partial charge in [0.05, 0.1) is 44.4 Å². The van der Waals surface area contributed by atoms with Crippen LogP contribution in [0.5, 0.6) is 0 Å². The third-order valence-corrected chi connectivity index (χ3v) is 3.07. The first-order valence-corrected chi connectivity index (χ1v) is 8.98. The van der Waals surface area contributed by atoms with E-state index in [4.69, 9.17) is 28.4 Å². The molecule has 2 atom stereocenters. The predicted octanol–water partition coefficient (Wildman–Crippen LogP) is 3.13. The average Bonchev–Trinajstić information content (AvgIpc) is 2.59. The molecule has 0 saturated heterocycles. The minimum atomic E-state index is -0.354. The summed E-state index contributed by atoms with van der Waals surface area (Å²) in [5.41, 5.74) is -0.354. The highest BCUT2D eigenvalue weighted by Crippen LogP contribution is 2.12. The number of carbonyl (C=O) groups is 1. The van der Waals surface area contributed by atoms with E-state index < -0.39 is 0 Å². The van der Waals surface area contributed by atoms with Gasteiger partial charge in [-0.15, -0.1) is 0 Å². The SMILES string of the molecule is C/C=C/C(C)(C)OCC(COC)OC=O.C=COC(COC)COC(C)C. The van der Waals surface area contributed by atoms with E-state index in [9.17, 15) is 4.79 Å². The third kappa shape index (κ3) is 19.2. The molecule has 27 heavy (non-hydrogen) atoms. The molecule has 7 nitrogen and oxygen atoms in total. The molecule has 0 aromatic carbocycles. The molecule has 0 rings (SSSR count). The molecule has 0 aliphatic heterocycles. The second kappa shape index (κ2) is 18.0. The van der Waals surface area contributed by atoms with Crippen molar-refractivity contribution in [2.24, 2.45) is 0 Å². The summed E-state index contributed by atoms with van der Waals surface area (Å²) in [5, 5.41) is 0. The monoisotopic (exact) mass is 390 g/mol. The zero-order valence-corrected chi connectivity index (χ0v) is 17.9. The van der Waals surface area contributed by atoms with Crippen LogP contribution < -0.4 is 0 Å². The van der Waals surface area contributed by atoms with Crippen LogP contribution in [0.15, 0.2) is 25.0 Å². The smallest absolute Gasteiger partial charge is 0.293 e. The lowest BCUT2D eigenvalue weighted by Crippen LogP contribution is -2.31. The molecular weight excluding hydrogens is 352 g/mol. The topological polar surface area (TPSA) is 72.5 Å². The van der Waals surface area contributed by atoms with Crippen LogP contribution in [0.1, 0.15) is 34.6 Å². The minimum Gasteiger partial charge on any atom is -0.494 e. The van der Waals surface area contributed by atoms with Crippen molar-refractivity contribution >= 4 is 6.47 Å². The van der Waals surface area contributed by atoms with E-state index in [0.29, 0.717) is 32.9 Å². The Hall–Kier alpha value is -1.41. The lowest BCUT2D eigenvalue weighted by atomic mass is 10.1. The van der Waals surface area contributed by atoms with E-state index in [-0.39, 0.29) is 23.9 Å². The van der Waals surface area contributed by atoms with Crippen molar-refractivity contribution < 1.29 is 33.2 Å². The van der Waals surface area contributed by atoms with Crippen LogP contribution in [0.3, 0.4) is 0 Å². The first-order valence-electron chi connectivity index (χ1n) is 8.98. The first kappa shape index (κ1) is 27.8. The van der Waals surface area contributed by atoms with Crippen LogP contribution in [0.2, 0.25) is 0 Å². The molecule has 0 aromatic heterocycles. The van der Waals surface area contributed by atoms with Gasteiger partial charge in [-0.3, -0.25) is 4.79 Å². The third-order valence-electron chi connectivity index (χ3n) is 3.07. The number of hydrogen-bond donors (Lipinski definition) is 0. The second-order valence-corrected chi connectivity index (χ2v) is 6.49. The van der Waals surface area contributed by atoms with Gasteiger partial charge in [-0.05, 0) is 34.6 Å². The van der Waals surface area contributed by atoms with Gasteiger partial charge in [-0.2, -0.15) is 0 Å². The molecule has 2 unspecified atom stereocenters. The van der Waals surface area contributed by atoms with Crippen LogP contribution in [-0.4, -0.2) is 71.0 Å². The first-order chi connectivity index (χ1) is 12.8. The van der Waals surface area contributed by atoms with Crippen LogP contribution in [0.25, 0.3) is 0 Å². The molecule has 0 saturated carbocycles. The van der Waals surface area contributed by atoms with Gasteiger partial charge in [0.25, 0.3) is 6.47 Å². The van der Waals surface area contributed by atoms with E-state index in [1.807, 2.05) is 46.8 Å². The summed E-state index contributed by atoms with van der Waals surface area (Å²) < 4.78 is 30.7. The zero-order valence-electron chi connectivity index (χ0n) is 17.9. The van der Waals surface area contributed by atoms with Gasteiger partial charge >= 0.3 is 0 Å². The summed E-state index contributed by atoms with van der Waals surface area (Å²) >= 11 is 0. The molecule has 0 fully saturated rings. The maximum Gasteiger partial charge on any atom is 0.293 e. The van der Waals surface area contributed by atoms with E-state index in [0.717, 1.165) is 0 Å². The molecule has 0 bridgehead atoms. The maximum atomic E-state index is 10.2. The molecule has 0 N–H and O–H groups in total. The van der Waals surface area contributed by atoms with Gasteiger partial charge in [-0.1, -0.05) is 18.7 Å². The Bertz CT molecular complexity index is 381. The summed E-state index contributed by atoms with van der Waals surface area (Å²) in [7, 11) is 3.19. The van der Waals surface area contributed by atoms with E-state index >= 15 is 0 Å². The van der Waals surface area contributed by atoms with Crippen LogP contribution >= 0.6 is 0 Å². The lowest BCUT2D eigenvalue weighted by molar-refractivity contribution is -0.143. The highest BCUT2D eigenvalue weighted by atomic mass is 16.6. The molecule has 0 amide bonds.